The smallest absolute Gasteiger partial charge is 0.267 e. The molecule has 0 aliphatic heterocycles. The number of benzene rings is 3. The first-order valence-electron chi connectivity index (χ1n) is 10.0. The predicted molar refractivity (Wildman–Crippen MR) is 101 cm³/mol. The molecule has 0 bridgehead atoms. The van der Waals surface area contributed by atoms with E-state index in [1.165, 1.54) is 0 Å². The Morgan fingerprint density at radius 3 is 0.714 bits per heavy atom. The molecule has 0 spiro atoms. The Kier molecular flexibility index (Phi) is 8.23. The summed E-state index contributed by atoms with van der Waals surface area (Å²) in [6.45, 7) is 0. The van der Waals surface area contributed by atoms with Crippen LogP contribution >= 0.6 is 0 Å². The van der Waals surface area contributed by atoms with Gasteiger partial charge in [0, 0.05) is 7.05 Å². The number of carbonyl (C=O) groups excluding carboxylic acids is 3. The van der Waals surface area contributed by atoms with Gasteiger partial charge in [0.2, 0.25) is 17.5 Å². The van der Waals surface area contributed by atoms with E-state index >= 15 is 0 Å². The minimum atomic E-state index is -3.07. The maximum absolute atomic E-state index is 14.3. The molecule has 42 heavy (non-hydrogen) atoms. The Morgan fingerprint density at radius 1 is 0.333 bits per heavy atom. The van der Waals surface area contributed by atoms with Gasteiger partial charge in [0.25, 0.3) is 17.7 Å². The second kappa shape index (κ2) is 10.9. The maximum atomic E-state index is 14.3. The maximum Gasteiger partial charge on any atom is 0.286 e. The monoisotopic (exact) mass is 628 g/mol. The highest BCUT2D eigenvalue weighted by Crippen LogP contribution is 2.30. The van der Waals surface area contributed by atoms with Gasteiger partial charge >= 0.3 is 0 Å². The van der Waals surface area contributed by atoms with Crippen molar-refractivity contribution in [3.63, 3.8) is 0 Å². The van der Waals surface area contributed by atoms with E-state index in [0.29, 0.717) is 0 Å². The second-order valence-corrected chi connectivity index (χ2v) is 7.59. The van der Waals surface area contributed by atoms with Gasteiger partial charge in [-0.05, 0) is 0 Å². The van der Waals surface area contributed by atoms with Crippen LogP contribution in [0.2, 0.25) is 0 Å². The summed E-state index contributed by atoms with van der Waals surface area (Å²) in [5.74, 6) is -53.7. The molecule has 3 rings (SSSR count). The molecule has 0 aromatic heterocycles. The number of carbonyl (C=O) groups is 3. The summed E-state index contributed by atoms with van der Waals surface area (Å²) in [5.41, 5.74) is -8.12. The molecule has 3 aromatic rings. The topological polar surface area (TPSA) is 57.7 Å². The molecule has 0 aliphatic carbocycles. The molecule has 0 saturated carbocycles. The summed E-state index contributed by atoms with van der Waals surface area (Å²) in [7, 11) is -0.145. The molecule has 224 valence electrons. The van der Waals surface area contributed by atoms with Gasteiger partial charge in [0.15, 0.2) is 69.8 Å². The molecule has 3 aromatic carbocycles. The zero-order valence-corrected chi connectivity index (χ0v) is 19.3. The summed E-state index contributed by atoms with van der Waals surface area (Å²) in [6.07, 6.45) is 0. The fourth-order valence-corrected chi connectivity index (χ4v) is 3.21. The lowest BCUT2D eigenvalue weighted by Crippen LogP contribution is -2.52. The highest BCUT2D eigenvalue weighted by atomic mass is 19.2. The van der Waals surface area contributed by atoms with Crippen molar-refractivity contribution in [1.29, 1.82) is 0 Å². The van der Waals surface area contributed by atoms with E-state index < -0.39 is 132 Å². The van der Waals surface area contributed by atoms with E-state index in [2.05, 4.69) is 0 Å². The third kappa shape index (κ3) is 4.55. The van der Waals surface area contributed by atoms with Crippen molar-refractivity contribution >= 4 is 17.7 Å². The first-order valence-corrected chi connectivity index (χ1v) is 10.0. The van der Waals surface area contributed by atoms with Crippen LogP contribution < -0.4 is 0 Å². The summed E-state index contributed by atoms with van der Waals surface area (Å²) in [6, 6.07) is 0. The van der Waals surface area contributed by atoms with Gasteiger partial charge in [-0.1, -0.05) is 0 Å². The first kappa shape index (κ1) is 31.7. The van der Waals surface area contributed by atoms with E-state index in [9.17, 15) is 80.2 Å². The Morgan fingerprint density at radius 2 is 0.500 bits per heavy atom. The molecule has 0 aliphatic rings. The van der Waals surface area contributed by atoms with E-state index in [4.69, 9.17) is 0 Å². The molecular formula is C22H3F15N2O3. The van der Waals surface area contributed by atoms with Crippen molar-refractivity contribution in [2.45, 2.75) is 0 Å². The first-order chi connectivity index (χ1) is 19.3. The standard InChI is InChI=1S/C22H3F15N2O3/c1-38(20(40)2-5(23)11(29)17(35)12(30)6(2)24)39(21(41)3-7(25)13(31)18(36)14(32)8(3)26)22(42)4-9(27)15(33)19(37)16(34)10(4)28/h1H3. The van der Waals surface area contributed by atoms with Crippen molar-refractivity contribution in [3.8, 4) is 0 Å². The highest BCUT2D eigenvalue weighted by molar-refractivity contribution is 6.12. The fourth-order valence-electron chi connectivity index (χ4n) is 3.21. The quantitative estimate of drug-likeness (QED) is 0.122. The van der Waals surface area contributed by atoms with Gasteiger partial charge in [-0.2, -0.15) is 5.01 Å². The van der Waals surface area contributed by atoms with Gasteiger partial charge in [0.1, 0.15) is 16.7 Å². The third-order valence-electron chi connectivity index (χ3n) is 5.25. The predicted octanol–water partition coefficient (Wildman–Crippen LogP) is 5.74. The molecule has 0 heterocycles. The molecule has 0 N–H and O–H groups in total. The molecule has 20 heteroatoms. The van der Waals surface area contributed by atoms with Crippen LogP contribution in [0.15, 0.2) is 0 Å². The largest absolute Gasteiger partial charge is 0.286 e. The van der Waals surface area contributed by atoms with E-state index in [-0.39, 0.29) is 7.05 Å². The number of hydrazine groups is 1. The summed E-state index contributed by atoms with van der Waals surface area (Å²) in [4.78, 5) is 38.5. The van der Waals surface area contributed by atoms with Gasteiger partial charge in [-0.3, -0.25) is 14.4 Å². The number of nitrogens with zero attached hydrogens (tertiary/aromatic N) is 2. The van der Waals surface area contributed by atoms with Crippen LogP contribution in [0.25, 0.3) is 0 Å². The highest BCUT2D eigenvalue weighted by Gasteiger charge is 2.43. The normalized spacial score (nSPS) is 11.1. The van der Waals surface area contributed by atoms with Crippen molar-refractivity contribution in [2.24, 2.45) is 0 Å². The Balaban J connectivity index is 2.40. The van der Waals surface area contributed by atoms with Crippen LogP contribution in [-0.4, -0.2) is 34.8 Å². The fraction of sp³-hybridized carbons (Fsp3) is 0.0455. The van der Waals surface area contributed by atoms with Crippen molar-refractivity contribution in [3.05, 3.63) is 104 Å². The second-order valence-electron chi connectivity index (χ2n) is 7.59. The molecule has 0 fully saturated rings. The lowest BCUT2D eigenvalue weighted by Gasteiger charge is -2.31. The Labute approximate surface area is 219 Å². The lowest BCUT2D eigenvalue weighted by molar-refractivity contribution is 0.00764. The van der Waals surface area contributed by atoms with Gasteiger partial charge in [0.05, 0.1) is 0 Å². The molecule has 0 atom stereocenters. The van der Waals surface area contributed by atoms with Gasteiger partial charge < -0.3 is 0 Å². The lowest BCUT2D eigenvalue weighted by atomic mass is 10.1. The molecule has 0 saturated heterocycles. The zero-order valence-electron chi connectivity index (χ0n) is 19.3. The summed E-state index contributed by atoms with van der Waals surface area (Å²) < 4.78 is 208. The van der Waals surface area contributed by atoms with Crippen molar-refractivity contribution < 1.29 is 80.2 Å². The van der Waals surface area contributed by atoms with Crippen LogP contribution in [0.1, 0.15) is 31.1 Å². The zero-order chi connectivity index (χ0) is 32.3. The van der Waals surface area contributed by atoms with E-state index in [0.717, 1.165) is 0 Å². The SMILES string of the molecule is CN(C(=O)c1c(F)c(F)c(F)c(F)c1F)N(C(=O)c1c(F)c(F)c(F)c(F)c1F)C(=O)c1c(F)c(F)c(F)c(F)c1F. The summed E-state index contributed by atoms with van der Waals surface area (Å²) >= 11 is 0. The van der Waals surface area contributed by atoms with E-state index in [1.54, 1.807) is 0 Å². The molecule has 5 nitrogen and oxygen atoms in total. The van der Waals surface area contributed by atoms with Crippen molar-refractivity contribution in [2.75, 3.05) is 7.05 Å². The van der Waals surface area contributed by atoms with E-state index in [1.807, 2.05) is 0 Å². The Bertz CT molecular complexity index is 1560. The van der Waals surface area contributed by atoms with Gasteiger partial charge in [-0.15, -0.1) is 0 Å². The minimum absolute atomic E-state index is 0.145. The third-order valence-corrected chi connectivity index (χ3v) is 5.25. The molecule has 0 unspecified atom stereocenters. The van der Waals surface area contributed by atoms with Crippen molar-refractivity contribution in [1.82, 2.24) is 10.0 Å². The number of hydrogen-bond acceptors (Lipinski definition) is 3. The average molecular weight is 628 g/mol. The number of rotatable bonds is 3. The number of halogens is 15. The van der Waals surface area contributed by atoms with Crippen LogP contribution in [-0.2, 0) is 0 Å². The summed E-state index contributed by atoms with van der Waals surface area (Å²) in [5, 5.41) is -2.50. The molecular weight excluding hydrogens is 625 g/mol. The molecule has 0 radical (unpaired) electrons. The molecule has 3 amide bonds. The van der Waals surface area contributed by atoms with Crippen LogP contribution in [0, 0.1) is 87.3 Å². The number of hydrogen-bond donors (Lipinski definition) is 0. The number of imide groups is 1. The average Bonchev–Trinajstić information content (AvgIpc) is 2.95. The van der Waals surface area contributed by atoms with Crippen LogP contribution in [0.5, 0.6) is 0 Å². The van der Waals surface area contributed by atoms with Crippen LogP contribution in [0.3, 0.4) is 0 Å². The Hall–Kier alpha value is -4.78. The number of amides is 3. The van der Waals surface area contributed by atoms with Gasteiger partial charge in [-0.25, -0.2) is 70.9 Å². The minimum Gasteiger partial charge on any atom is -0.267 e. The van der Waals surface area contributed by atoms with Crippen LogP contribution in [0.4, 0.5) is 65.9 Å².